The van der Waals surface area contributed by atoms with E-state index >= 15 is 0 Å². The topological polar surface area (TPSA) is 107 Å². The number of carbonyl (C=O) groups is 1. The molecule has 3 aromatic carbocycles. The van der Waals surface area contributed by atoms with E-state index in [1.165, 1.54) is 7.11 Å². The first-order valence-corrected chi connectivity index (χ1v) is 17.4. The summed E-state index contributed by atoms with van der Waals surface area (Å²) in [6, 6.07) is 10.7. The van der Waals surface area contributed by atoms with Crippen molar-refractivity contribution in [3.63, 3.8) is 0 Å². The SMILES string of the molecule is COC(=O)c1cc(C(C)(C)C)c(O)c(C(C)(C)C(C)(C)c2cc(O)cc(C(C)(C)CCC(C)(C)c3cc(C)cc(C(C)(C)C)c3O)c2O)c1. The summed E-state index contributed by atoms with van der Waals surface area (Å²) < 4.78 is 5.07. The van der Waals surface area contributed by atoms with Gasteiger partial charge in [-0.1, -0.05) is 115 Å². The number of aromatic hydroxyl groups is 4. The molecule has 4 N–H and O–H groups in total. The van der Waals surface area contributed by atoms with Crippen molar-refractivity contribution >= 4 is 5.97 Å². The summed E-state index contributed by atoms with van der Waals surface area (Å²) >= 11 is 0. The molecule has 0 unspecified atom stereocenters. The lowest BCUT2D eigenvalue weighted by Gasteiger charge is -2.44. The molecule has 3 rings (SSSR count). The number of phenols is 4. The molecule has 0 saturated heterocycles. The molecule has 0 spiro atoms. The van der Waals surface area contributed by atoms with Crippen molar-refractivity contribution in [2.75, 3.05) is 7.11 Å². The average Bonchev–Trinajstić information content (AvgIpc) is 2.96. The van der Waals surface area contributed by atoms with Gasteiger partial charge in [0.1, 0.15) is 23.0 Å². The van der Waals surface area contributed by atoms with E-state index in [2.05, 4.69) is 67.5 Å². The molecule has 0 aromatic heterocycles. The fraction of sp³-hybridized carbons (Fsp3) is 0.558. The Hall–Kier alpha value is -3.67. The zero-order valence-corrected chi connectivity index (χ0v) is 33.0. The summed E-state index contributed by atoms with van der Waals surface area (Å²) in [4.78, 5) is 12.8. The van der Waals surface area contributed by atoms with Crippen LogP contribution in [0.3, 0.4) is 0 Å². The van der Waals surface area contributed by atoms with Gasteiger partial charge in [-0.25, -0.2) is 4.79 Å². The second-order valence-corrected chi connectivity index (χ2v) is 18.5. The van der Waals surface area contributed by atoms with Gasteiger partial charge in [0.15, 0.2) is 0 Å². The normalized spacial score (nSPS) is 13.5. The number of benzene rings is 3. The predicted molar refractivity (Wildman–Crippen MR) is 201 cm³/mol. The number of carbonyl (C=O) groups excluding carboxylic acids is 1. The number of aryl methyl sites for hydroxylation is 1. The molecule has 270 valence electrons. The molecular formula is C43H62O6. The highest BCUT2D eigenvalue weighted by Gasteiger charge is 2.45. The highest BCUT2D eigenvalue weighted by Crippen LogP contribution is 2.54. The van der Waals surface area contributed by atoms with Gasteiger partial charge in [0.05, 0.1) is 12.7 Å². The van der Waals surface area contributed by atoms with Crippen LogP contribution in [0, 0.1) is 6.92 Å². The lowest BCUT2D eigenvalue weighted by molar-refractivity contribution is 0.0600. The Morgan fingerprint density at radius 3 is 1.31 bits per heavy atom. The van der Waals surface area contributed by atoms with Gasteiger partial charge in [-0.15, -0.1) is 0 Å². The fourth-order valence-corrected chi connectivity index (χ4v) is 6.96. The Balaban J connectivity index is 2.13. The highest BCUT2D eigenvalue weighted by molar-refractivity contribution is 5.90. The van der Waals surface area contributed by atoms with E-state index in [0.717, 1.165) is 16.7 Å². The van der Waals surface area contributed by atoms with Crippen molar-refractivity contribution in [3.05, 3.63) is 80.9 Å². The summed E-state index contributed by atoms with van der Waals surface area (Å²) in [5.41, 5.74) is 2.27. The zero-order valence-electron chi connectivity index (χ0n) is 33.0. The van der Waals surface area contributed by atoms with Crippen LogP contribution < -0.4 is 0 Å². The van der Waals surface area contributed by atoms with E-state index in [9.17, 15) is 25.2 Å². The summed E-state index contributed by atoms with van der Waals surface area (Å²) in [5.74, 6) is 0.0529. The molecule has 0 aliphatic rings. The van der Waals surface area contributed by atoms with Crippen LogP contribution in [0.4, 0.5) is 0 Å². The van der Waals surface area contributed by atoms with Gasteiger partial charge in [-0.05, 0) is 71.3 Å². The lowest BCUT2D eigenvalue weighted by atomic mass is 9.59. The molecule has 0 saturated carbocycles. The van der Waals surface area contributed by atoms with E-state index in [1.807, 2.05) is 48.5 Å². The minimum absolute atomic E-state index is 0.0353. The van der Waals surface area contributed by atoms with Gasteiger partial charge in [0, 0.05) is 38.6 Å². The van der Waals surface area contributed by atoms with Crippen LogP contribution >= 0.6 is 0 Å². The van der Waals surface area contributed by atoms with Gasteiger partial charge < -0.3 is 25.2 Å². The lowest BCUT2D eigenvalue weighted by Crippen LogP contribution is -2.41. The summed E-state index contributed by atoms with van der Waals surface area (Å²) in [6.45, 7) is 30.6. The fourth-order valence-electron chi connectivity index (χ4n) is 6.96. The van der Waals surface area contributed by atoms with Crippen molar-refractivity contribution < 1.29 is 30.0 Å². The maximum absolute atomic E-state index is 12.8. The minimum atomic E-state index is -0.849. The molecule has 0 amide bonds. The monoisotopic (exact) mass is 674 g/mol. The first-order chi connectivity index (χ1) is 22.0. The zero-order chi connectivity index (χ0) is 37.9. The average molecular weight is 675 g/mol. The second-order valence-electron chi connectivity index (χ2n) is 18.5. The third-order valence-corrected chi connectivity index (χ3v) is 11.2. The molecule has 0 fully saturated rings. The first-order valence-electron chi connectivity index (χ1n) is 17.4. The van der Waals surface area contributed by atoms with Crippen molar-refractivity contribution in [2.45, 2.75) is 149 Å². The molecule has 0 bridgehead atoms. The largest absolute Gasteiger partial charge is 0.508 e. The van der Waals surface area contributed by atoms with Crippen molar-refractivity contribution in [3.8, 4) is 23.0 Å². The molecule has 3 aromatic rings. The Kier molecular flexibility index (Phi) is 10.5. The van der Waals surface area contributed by atoms with E-state index in [4.69, 9.17) is 4.74 Å². The first kappa shape index (κ1) is 39.8. The molecule has 6 nitrogen and oxygen atoms in total. The van der Waals surface area contributed by atoms with Crippen molar-refractivity contribution in [1.82, 2.24) is 0 Å². The highest BCUT2D eigenvalue weighted by atomic mass is 16.5. The molecule has 49 heavy (non-hydrogen) atoms. The minimum Gasteiger partial charge on any atom is -0.508 e. The van der Waals surface area contributed by atoms with Gasteiger partial charge >= 0.3 is 5.97 Å². The van der Waals surface area contributed by atoms with Gasteiger partial charge in [0.25, 0.3) is 0 Å². The van der Waals surface area contributed by atoms with Crippen LogP contribution in [0.2, 0.25) is 0 Å². The molecule has 0 atom stereocenters. The Morgan fingerprint density at radius 1 is 0.531 bits per heavy atom. The maximum Gasteiger partial charge on any atom is 0.337 e. The summed E-state index contributed by atoms with van der Waals surface area (Å²) in [7, 11) is 1.34. The van der Waals surface area contributed by atoms with E-state index in [0.29, 0.717) is 46.4 Å². The Bertz CT molecular complexity index is 1720. The summed E-state index contributed by atoms with van der Waals surface area (Å²) in [6.07, 6.45) is 1.37. The van der Waals surface area contributed by atoms with Crippen LogP contribution in [-0.2, 0) is 37.2 Å². The number of esters is 1. The van der Waals surface area contributed by atoms with Crippen LogP contribution in [-0.4, -0.2) is 33.5 Å². The van der Waals surface area contributed by atoms with E-state index < -0.39 is 27.6 Å². The van der Waals surface area contributed by atoms with Gasteiger partial charge in [-0.2, -0.15) is 0 Å². The molecular weight excluding hydrogens is 612 g/mol. The van der Waals surface area contributed by atoms with Crippen LogP contribution in [0.5, 0.6) is 23.0 Å². The number of ether oxygens (including phenoxy) is 1. The number of hydrogen-bond donors (Lipinski definition) is 4. The van der Waals surface area contributed by atoms with Crippen LogP contribution in [0.15, 0.2) is 36.4 Å². The standard InChI is InChI=1S/C43H62O6/c1-25-19-28(38(2,3)4)34(45)30(20-25)40(8,9)17-18-41(10,11)31-23-27(44)24-33(36(31)47)43(14,15)42(12,13)32-22-26(37(48)49-16)21-29(35(32)46)39(5,6)7/h19-24,44-47H,17-18H2,1-16H3. The smallest absolute Gasteiger partial charge is 0.337 e. The van der Waals surface area contributed by atoms with Crippen LogP contribution in [0.1, 0.15) is 159 Å². The Labute approximate surface area is 295 Å². The summed E-state index contributed by atoms with van der Waals surface area (Å²) in [5, 5.41) is 46.4. The van der Waals surface area contributed by atoms with E-state index in [1.54, 1.807) is 24.3 Å². The molecule has 0 heterocycles. The quantitative estimate of drug-likeness (QED) is 0.133. The number of phenolic OH excluding ortho intramolecular Hbond substituents is 4. The van der Waals surface area contributed by atoms with E-state index in [-0.39, 0.29) is 28.1 Å². The molecule has 6 heteroatoms. The van der Waals surface area contributed by atoms with Gasteiger partial charge in [-0.3, -0.25) is 0 Å². The maximum atomic E-state index is 12.8. The molecule has 0 aliphatic heterocycles. The Morgan fingerprint density at radius 2 is 0.857 bits per heavy atom. The van der Waals surface area contributed by atoms with Crippen LogP contribution in [0.25, 0.3) is 0 Å². The van der Waals surface area contributed by atoms with Crippen molar-refractivity contribution in [2.24, 2.45) is 0 Å². The predicted octanol–water partition coefficient (Wildman–Crippen LogP) is 10.5. The third kappa shape index (κ3) is 7.59. The second kappa shape index (κ2) is 12.9. The number of hydrogen-bond acceptors (Lipinski definition) is 6. The number of methoxy groups -OCH3 is 1. The third-order valence-electron chi connectivity index (χ3n) is 11.2. The molecule has 0 aliphatic carbocycles. The van der Waals surface area contributed by atoms with Gasteiger partial charge in [0.2, 0.25) is 0 Å². The number of rotatable bonds is 9. The van der Waals surface area contributed by atoms with Crippen molar-refractivity contribution in [1.29, 1.82) is 0 Å². The molecule has 0 radical (unpaired) electrons.